The molecule has 23 heavy (non-hydrogen) atoms. The van der Waals surface area contributed by atoms with Crippen LogP contribution < -0.4 is 5.32 Å². The highest BCUT2D eigenvalue weighted by Crippen LogP contribution is 2.35. The van der Waals surface area contributed by atoms with Gasteiger partial charge in [0.15, 0.2) is 5.16 Å². The molecule has 6 nitrogen and oxygen atoms in total. The third-order valence-electron chi connectivity index (χ3n) is 4.05. The van der Waals surface area contributed by atoms with Crippen molar-refractivity contribution in [1.29, 1.82) is 0 Å². The van der Waals surface area contributed by atoms with Crippen molar-refractivity contribution in [2.24, 2.45) is 7.05 Å². The van der Waals surface area contributed by atoms with E-state index in [1.54, 1.807) is 6.20 Å². The zero-order chi connectivity index (χ0) is 16.2. The Bertz CT molecular complexity index is 662. The summed E-state index contributed by atoms with van der Waals surface area (Å²) < 4.78 is 1.90. The molecule has 1 amide bonds. The Morgan fingerprint density at radius 1 is 1.39 bits per heavy atom. The Labute approximate surface area is 144 Å². The Hall–Kier alpha value is -1.41. The molecule has 0 radical (unpaired) electrons. The third-order valence-corrected chi connectivity index (χ3v) is 6.23. The van der Waals surface area contributed by atoms with Gasteiger partial charge in [-0.2, -0.15) is 0 Å². The molecule has 1 saturated carbocycles. The lowest BCUT2D eigenvalue weighted by Crippen LogP contribution is -2.22. The fourth-order valence-electron chi connectivity index (χ4n) is 2.68. The van der Waals surface area contributed by atoms with E-state index in [0.29, 0.717) is 11.0 Å². The molecule has 0 saturated heterocycles. The molecule has 2 aromatic heterocycles. The molecule has 124 valence electrons. The van der Waals surface area contributed by atoms with E-state index in [4.69, 9.17) is 0 Å². The molecular weight excluding hydrogens is 330 g/mol. The summed E-state index contributed by atoms with van der Waals surface area (Å²) in [4.78, 5) is 16.5. The van der Waals surface area contributed by atoms with Crippen LogP contribution in [0.15, 0.2) is 17.6 Å². The monoisotopic (exact) mass is 351 g/mol. The second-order valence-electron chi connectivity index (χ2n) is 5.85. The van der Waals surface area contributed by atoms with E-state index in [9.17, 15) is 4.79 Å². The average molecular weight is 352 g/mol. The summed E-state index contributed by atoms with van der Waals surface area (Å²) >= 11 is 2.95. The quantitative estimate of drug-likeness (QED) is 0.836. The van der Waals surface area contributed by atoms with E-state index in [1.165, 1.54) is 55.2 Å². The Balaban J connectivity index is 1.57. The molecule has 0 aromatic carbocycles. The molecule has 1 N–H and O–H groups in total. The molecule has 1 fully saturated rings. The van der Waals surface area contributed by atoms with Crippen molar-refractivity contribution in [2.45, 2.75) is 55.4 Å². The number of imidazole rings is 1. The second kappa shape index (κ2) is 7.44. The largest absolute Gasteiger partial charge is 0.329 e. The van der Waals surface area contributed by atoms with Crippen LogP contribution in [-0.2, 0) is 11.8 Å². The Morgan fingerprint density at radius 3 is 2.87 bits per heavy atom. The highest BCUT2D eigenvalue weighted by Gasteiger charge is 2.22. The minimum Gasteiger partial charge on any atom is -0.329 e. The molecule has 2 aromatic rings. The van der Waals surface area contributed by atoms with Gasteiger partial charge in [-0.3, -0.25) is 10.1 Å². The number of carbonyl (C=O) groups is 1. The molecule has 1 aliphatic carbocycles. The topological polar surface area (TPSA) is 72.7 Å². The predicted octanol–water partition coefficient (Wildman–Crippen LogP) is 3.44. The molecule has 3 rings (SSSR count). The number of aromatic nitrogens is 4. The van der Waals surface area contributed by atoms with Gasteiger partial charge in [0.05, 0.1) is 5.25 Å². The van der Waals surface area contributed by atoms with Crippen LogP contribution in [0, 0.1) is 0 Å². The smallest absolute Gasteiger partial charge is 0.239 e. The van der Waals surface area contributed by atoms with Crippen LogP contribution >= 0.6 is 23.1 Å². The molecule has 0 bridgehead atoms. The van der Waals surface area contributed by atoms with Crippen molar-refractivity contribution in [3.63, 3.8) is 0 Å². The van der Waals surface area contributed by atoms with Gasteiger partial charge in [0, 0.05) is 25.4 Å². The van der Waals surface area contributed by atoms with Gasteiger partial charge in [0.1, 0.15) is 5.01 Å². The number of anilines is 1. The lowest BCUT2D eigenvalue weighted by molar-refractivity contribution is -0.115. The molecule has 8 heteroatoms. The lowest BCUT2D eigenvalue weighted by Gasteiger charge is -2.18. The summed E-state index contributed by atoms with van der Waals surface area (Å²) in [5, 5.41) is 13.5. The highest BCUT2D eigenvalue weighted by molar-refractivity contribution is 8.00. The summed E-state index contributed by atoms with van der Waals surface area (Å²) in [6, 6.07) is 0. The van der Waals surface area contributed by atoms with Gasteiger partial charge in [0.2, 0.25) is 11.0 Å². The van der Waals surface area contributed by atoms with E-state index in [1.807, 2.05) is 24.7 Å². The van der Waals surface area contributed by atoms with E-state index in [2.05, 4.69) is 20.5 Å². The first kappa shape index (κ1) is 16.4. The number of nitrogens with zero attached hydrogens (tertiary/aromatic N) is 4. The van der Waals surface area contributed by atoms with Gasteiger partial charge >= 0.3 is 0 Å². The van der Waals surface area contributed by atoms with E-state index in [0.717, 1.165) is 10.2 Å². The lowest BCUT2D eigenvalue weighted by atomic mass is 9.90. The van der Waals surface area contributed by atoms with Gasteiger partial charge in [-0.15, -0.1) is 10.2 Å². The fraction of sp³-hybridized carbons (Fsp3) is 0.600. The van der Waals surface area contributed by atoms with Crippen LogP contribution in [0.4, 0.5) is 5.13 Å². The highest BCUT2D eigenvalue weighted by atomic mass is 32.2. The molecule has 1 aliphatic rings. The van der Waals surface area contributed by atoms with Gasteiger partial charge in [-0.1, -0.05) is 42.4 Å². The van der Waals surface area contributed by atoms with Crippen LogP contribution in [0.1, 0.15) is 50.0 Å². The Morgan fingerprint density at radius 2 is 2.17 bits per heavy atom. The zero-order valence-electron chi connectivity index (χ0n) is 13.4. The molecule has 2 heterocycles. The first-order valence-electron chi connectivity index (χ1n) is 7.91. The molecule has 0 spiro atoms. The normalized spacial score (nSPS) is 17.1. The van der Waals surface area contributed by atoms with Crippen LogP contribution in [0.5, 0.6) is 0 Å². The molecule has 0 unspecified atom stereocenters. The molecule has 1 atom stereocenters. The SMILES string of the molecule is C[C@H](Sc1nccn1C)C(=O)Nc1nnc(C2CCCCC2)s1. The van der Waals surface area contributed by atoms with Gasteiger partial charge < -0.3 is 4.57 Å². The number of aryl methyl sites for hydroxylation is 1. The first-order valence-corrected chi connectivity index (χ1v) is 9.61. The molecular formula is C15H21N5OS2. The van der Waals surface area contributed by atoms with Gasteiger partial charge in [0.25, 0.3) is 0 Å². The second-order valence-corrected chi connectivity index (χ2v) is 8.17. The number of thioether (sulfide) groups is 1. The van der Waals surface area contributed by atoms with Crippen LogP contribution in [0.3, 0.4) is 0 Å². The maximum Gasteiger partial charge on any atom is 0.239 e. The van der Waals surface area contributed by atoms with Gasteiger partial charge in [-0.05, 0) is 19.8 Å². The van der Waals surface area contributed by atoms with Crippen molar-refractivity contribution in [3.8, 4) is 0 Å². The minimum absolute atomic E-state index is 0.0654. The summed E-state index contributed by atoms with van der Waals surface area (Å²) in [6.07, 6.45) is 9.83. The van der Waals surface area contributed by atoms with Crippen molar-refractivity contribution in [2.75, 3.05) is 5.32 Å². The number of carbonyl (C=O) groups excluding carboxylic acids is 1. The van der Waals surface area contributed by atoms with E-state index < -0.39 is 0 Å². The number of amides is 1. The minimum atomic E-state index is -0.238. The van der Waals surface area contributed by atoms with Crippen molar-refractivity contribution in [3.05, 3.63) is 17.4 Å². The first-order chi connectivity index (χ1) is 11.1. The van der Waals surface area contributed by atoms with Crippen LogP contribution in [0.25, 0.3) is 0 Å². The van der Waals surface area contributed by atoms with E-state index in [-0.39, 0.29) is 11.2 Å². The Kier molecular flexibility index (Phi) is 5.32. The number of hydrogen-bond donors (Lipinski definition) is 1. The molecule has 0 aliphatic heterocycles. The summed E-state index contributed by atoms with van der Waals surface area (Å²) in [6.45, 7) is 1.87. The maximum atomic E-state index is 12.3. The predicted molar refractivity (Wildman–Crippen MR) is 92.9 cm³/mol. The van der Waals surface area contributed by atoms with Crippen molar-refractivity contribution >= 4 is 34.1 Å². The third kappa shape index (κ3) is 4.11. The fourth-order valence-corrected chi connectivity index (χ4v) is 4.43. The summed E-state index contributed by atoms with van der Waals surface area (Å²) in [5.41, 5.74) is 0. The maximum absolute atomic E-state index is 12.3. The number of rotatable bonds is 5. The zero-order valence-corrected chi connectivity index (χ0v) is 15.0. The van der Waals surface area contributed by atoms with Crippen LogP contribution in [0.2, 0.25) is 0 Å². The van der Waals surface area contributed by atoms with Crippen LogP contribution in [-0.4, -0.2) is 30.9 Å². The average Bonchev–Trinajstić information content (AvgIpc) is 3.18. The standard InChI is InChI=1S/C15H21N5OS2/c1-10(22-15-16-8-9-20(15)2)12(21)17-14-19-18-13(23-14)11-6-4-3-5-7-11/h8-11H,3-7H2,1-2H3,(H,17,19,21)/t10-/m0/s1. The number of nitrogens with one attached hydrogen (secondary N) is 1. The summed E-state index contributed by atoms with van der Waals surface area (Å²) in [7, 11) is 1.92. The summed E-state index contributed by atoms with van der Waals surface area (Å²) in [5.74, 6) is 0.454. The van der Waals surface area contributed by atoms with E-state index >= 15 is 0 Å². The van der Waals surface area contributed by atoms with Crippen molar-refractivity contribution in [1.82, 2.24) is 19.7 Å². The number of hydrogen-bond acceptors (Lipinski definition) is 6. The van der Waals surface area contributed by atoms with Crippen molar-refractivity contribution < 1.29 is 4.79 Å². The van der Waals surface area contributed by atoms with Gasteiger partial charge in [-0.25, -0.2) is 4.98 Å².